The highest BCUT2D eigenvalue weighted by atomic mass is 35.5. The third-order valence-electron chi connectivity index (χ3n) is 1.82. The molecule has 0 spiro atoms. The summed E-state index contributed by atoms with van der Waals surface area (Å²) < 4.78 is 4.73. The van der Waals surface area contributed by atoms with Crippen LogP contribution in [-0.2, 0) is 9.53 Å². The van der Waals surface area contributed by atoms with E-state index in [1.54, 1.807) is 6.07 Å². The standard InChI is InChI=1S/C10H11ClN2O3/c1-13-9(14)5-16-10(15)7-4-6(12)2-3-8(7)11/h2-4H,5,12H2,1H3,(H,13,14). The Kier molecular flexibility index (Phi) is 4.13. The molecule has 0 fully saturated rings. The van der Waals surface area contributed by atoms with E-state index in [4.69, 9.17) is 22.1 Å². The van der Waals surface area contributed by atoms with Gasteiger partial charge in [-0.25, -0.2) is 4.79 Å². The van der Waals surface area contributed by atoms with Crippen LogP contribution in [0.5, 0.6) is 0 Å². The van der Waals surface area contributed by atoms with Crippen molar-refractivity contribution in [3.8, 4) is 0 Å². The molecular formula is C10H11ClN2O3. The van der Waals surface area contributed by atoms with Crippen molar-refractivity contribution in [2.75, 3.05) is 19.4 Å². The molecule has 0 atom stereocenters. The molecule has 0 aliphatic heterocycles. The van der Waals surface area contributed by atoms with Crippen molar-refractivity contribution in [2.45, 2.75) is 0 Å². The summed E-state index contributed by atoms with van der Waals surface area (Å²) in [7, 11) is 1.45. The Bertz CT molecular complexity index is 421. The minimum absolute atomic E-state index is 0.144. The minimum Gasteiger partial charge on any atom is -0.452 e. The van der Waals surface area contributed by atoms with Gasteiger partial charge in [0.1, 0.15) is 0 Å². The second-order valence-corrected chi connectivity index (χ2v) is 3.40. The highest BCUT2D eigenvalue weighted by molar-refractivity contribution is 6.33. The molecule has 3 N–H and O–H groups in total. The van der Waals surface area contributed by atoms with E-state index in [0.717, 1.165) is 0 Å². The molecule has 1 aromatic rings. The fraction of sp³-hybridized carbons (Fsp3) is 0.200. The number of nitrogen functional groups attached to an aromatic ring is 1. The van der Waals surface area contributed by atoms with Crippen LogP contribution in [0.15, 0.2) is 18.2 Å². The molecule has 5 nitrogen and oxygen atoms in total. The van der Waals surface area contributed by atoms with E-state index in [2.05, 4.69) is 5.32 Å². The summed E-state index contributed by atoms with van der Waals surface area (Å²) in [5.41, 5.74) is 6.05. The number of amides is 1. The maximum atomic E-state index is 11.5. The highest BCUT2D eigenvalue weighted by Gasteiger charge is 2.13. The number of carbonyl (C=O) groups is 2. The van der Waals surface area contributed by atoms with E-state index in [0.29, 0.717) is 5.69 Å². The minimum atomic E-state index is -0.680. The van der Waals surface area contributed by atoms with E-state index in [9.17, 15) is 9.59 Å². The molecule has 0 aliphatic carbocycles. The van der Waals surface area contributed by atoms with Gasteiger partial charge in [-0.15, -0.1) is 0 Å². The van der Waals surface area contributed by atoms with E-state index >= 15 is 0 Å². The van der Waals surface area contributed by atoms with Gasteiger partial charge in [-0.2, -0.15) is 0 Å². The van der Waals surface area contributed by atoms with E-state index < -0.39 is 11.9 Å². The van der Waals surface area contributed by atoms with Gasteiger partial charge in [0.2, 0.25) is 0 Å². The summed E-state index contributed by atoms with van der Waals surface area (Å²) in [6.07, 6.45) is 0. The fourth-order valence-electron chi connectivity index (χ4n) is 0.980. The normalized spacial score (nSPS) is 9.62. The monoisotopic (exact) mass is 242 g/mol. The average molecular weight is 243 g/mol. The van der Waals surface area contributed by atoms with Gasteiger partial charge in [-0.3, -0.25) is 4.79 Å². The first-order chi connectivity index (χ1) is 7.54. The predicted octanol–water partition coefficient (Wildman–Crippen LogP) is 0.825. The SMILES string of the molecule is CNC(=O)COC(=O)c1cc(N)ccc1Cl. The van der Waals surface area contributed by atoms with Crippen LogP contribution in [0.25, 0.3) is 0 Å². The summed E-state index contributed by atoms with van der Waals surface area (Å²) in [5.74, 6) is -1.07. The number of ether oxygens (including phenoxy) is 1. The Hall–Kier alpha value is -1.75. The topological polar surface area (TPSA) is 81.4 Å². The van der Waals surface area contributed by atoms with Crippen LogP contribution in [0.3, 0.4) is 0 Å². The van der Waals surface area contributed by atoms with Gasteiger partial charge in [0.25, 0.3) is 5.91 Å². The first-order valence-electron chi connectivity index (χ1n) is 4.47. The Labute approximate surface area is 97.5 Å². The number of hydrogen-bond donors (Lipinski definition) is 2. The number of esters is 1. The lowest BCUT2D eigenvalue weighted by molar-refractivity contribution is -0.123. The van der Waals surface area contributed by atoms with E-state index in [-0.39, 0.29) is 17.2 Å². The van der Waals surface area contributed by atoms with Crippen LogP contribution in [0.4, 0.5) is 5.69 Å². The largest absolute Gasteiger partial charge is 0.452 e. The first-order valence-corrected chi connectivity index (χ1v) is 4.85. The van der Waals surface area contributed by atoms with E-state index in [1.807, 2.05) is 0 Å². The zero-order valence-corrected chi connectivity index (χ0v) is 9.38. The lowest BCUT2D eigenvalue weighted by Gasteiger charge is -2.06. The van der Waals surface area contributed by atoms with Crippen LogP contribution in [0.1, 0.15) is 10.4 Å². The second-order valence-electron chi connectivity index (χ2n) is 2.99. The van der Waals surface area contributed by atoms with Gasteiger partial charge in [0, 0.05) is 12.7 Å². The van der Waals surface area contributed by atoms with Crippen molar-refractivity contribution in [3.05, 3.63) is 28.8 Å². The smallest absolute Gasteiger partial charge is 0.340 e. The molecule has 16 heavy (non-hydrogen) atoms. The molecule has 0 heterocycles. The van der Waals surface area contributed by atoms with Gasteiger partial charge >= 0.3 is 5.97 Å². The molecule has 0 aromatic heterocycles. The highest BCUT2D eigenvalue weighted by Crippen LogP contribution is 2.19. The van der Waals surface area contributed by atoms with Gasteiger partial charge in [0.05, 0.1) is 10.6 Å². The molecule has 6 heteroatoms. The number of rotatable bonds is 3. The Morgan fingerprint density at radius 2 is 2.19 bits per heavy atom. The van der Waals surface area contributed by atoms with Crippen molar-refractivity contribution in [1.29, 1.82) is 0 Å². The maximum Gasteiger partial charge on any atom is 0.340 e. The first kappa shape index (κ1) is 12.3. The molecule has 0 aliphatic rings. The molecule has 86 valence electrons. The molecule has 1 rings (SSSR count). The number of likely N-dealkylation sites (N-methyl/N-ethyl adjacent to an activating group) is 1. The number of anilines is 1. The fourth-order valence-corrected chi connectivity index (χ4v) is 1.18. The average Bonchev–Trinajstić information content (AvgIpc) is 2.28. The molecule has 0 radical (unpaired) electrons. The lowest BCUT2D eigenvalue weighted by atomic mass is 10.2. The molecule has 0 saturated carbocycles. The molecule has 1 aromatic carbocycles. The van der Waals surface area contributed by atoms with Crippen LogP contribution in [-0.4, -0.2) is 25.5 Å². The third kappa shape index (κ3) is 3.13. The van der Waals surface area contributed by atoms with Crippen molar-refractivity contribution < 1.29 is 14.3 Å². The second kappa shape index (κ2) is 5.37. The van der Waals surface area contributed by atoms with Crippen molar-refractivity contribution in [3.63, 3.8) is 0 Å². The van der Waals surface area contributed by atoms with Crippen molar-refractivity contribution in [2.24, 2.45) is 0 Å². The van der Waals surface area contributed by atoms with Crippen LogP contribution < -0.4 is 11.1 Å². The van der Waals surface area contributed by atoms with Gasteiger partial charge in [-0.05, 0) is 18.2 Å². The van der Waals surface area contributed by atoms with Gasteiger partial charge in [0.15, 0.2) is 6.61 Å². The number of benzene rings is 1. The predicted molar refractivity (Wildman–Crippen MR) is 60.2 cm³/mol. The summed E-state index contributed by atoms with van der Waals surface area (Å²) >= 11 is 5.78. The Balaban J connectivity index is 2.73. The molecular weight excluding hydrogens is 232 g/mol. The van der Waals surface area contributed by atoms with Crippen molar-refractivity contribution >= 4 is 29.2 Å². The zero-order chi connectivity index (χ0) is 12.1. The maximum absolute atomic E-state index is 11.5. The Morgan fingerprint density at radius 1 is 1.50 bits per heavy atom. The Morgan fingerprint density at radius 3 is 2.81 bits per heavy atom. The van der Waals surface area contributed by atoms with Crippen LogP contribution in [0.2, 0.25) is 5.02 Å². The molecule has 0 unspecified atom stereocenters. The van der Waals surface area contributed by atoms with Crippen LogP contribution >= 0.6 is 11.6 Å². The van der Waals surface area contributed by atoms with E-state index in [1.165, 1.54) is 19.2 Å². The number of nitrogens with one attached hydrogen (secondary N) is 1. The molecule has 1 amide bonds. The van der Waals surface area contributed by atoms with Gasteiger partial charge in [-0.1, -0.05) is 11.6 Å². The van der Waals surface area contributed by atoms with Crippen molar-refractivity contribution in [1.82, 2.24) is 5.32 Å². The number of hydrogen-bond acceptors (Lipinski definition) is 4. The van der Waals surface area contributed by atoms with Crippen LogP contribution in [0, 0.1) is 0 Å². The number of nitrogens with two attached hydrogens (primary N) is 1. The summed E-state index contributed by atoms with van der Waals surface area (Å²) in [6.45, 7) is -0.347. The zero-order valence-electron chi connectivity index (χ0n) is 8.62. The molecule has 0 saturated heterocycles. The summed E-state index contributed by atoms with van der Waals surface area (Å²) in [6, 6.07) is 4.46. The number of halogens is 1. The summed E-state index contributed by atoms with van der Waals surface area (Å²) in [5, 5.41) is 2.56. The van der Waals surface area contributed by atoms with Gasteiger partial charge < -0.3 is 15.8 Å². The summed E-state index contributed by atoms with van der Waals surface area (Å²) in [4.78, 5) is 22.3. The quantitative estimate of drug-likeness (QED) is 0.608. The number of carbonyl (C=O) groups excluding carboxylic acids is 2. The molecule has 0 bridgehead atoms. The lowest BCUT2D eigenvalue weighted by Crippen LogP contribution is -2.25. The third-order valence-corrected chi connectivity index (χ3v) is 2.15.